The Labute approximate surface area is 166 Å². The van der Waals surface area contributed by atoms with Crippen molar-refractivity contribution in [3.8, 4) is 0 Å². The smallest absolute Gasteiger partial charge is 0.338 e. The maximum atomic E-state index is 12.5. The zero-order valence-corrected chi connectivity index (χ0v) is 16.9. The molecule has 2 aromatic carbocycles. The van der Waals surface area contributed by atoms with Gasteiger partial charge >= 0.3 is 5.97 Å². The molecule has 0 saturated carbocycles. The van der Waals surface area contributed by atoms with Crippen LogP contribution in [0.15, 0.2) is 42.5 Å². The van der Waals surface area contributed by atoms with Gasteiger partial charge in [0.25, 0.3) is 5.91 Å². The number of carbonyl (C=O) groups excluding carboxylic acids is 2. The summed E-state index contributed by atoms with van der Waals surface area (Å²) in [7, 11) is 0. The van der Waals surface area contributed by atoms with E-state index in [9.17, 15) is 9.59 Å². The fraction of sp³-hybridized carbons (Fsp3) is 0.391. The summed E-state index contributed by atoms with van der Waals surface area (Å²) in [5.41, 5.74) is 4.88. The predicted octanol–water partition coefficient (Wildman–Crippen LogP) is 2.45. The van der Waals surface area contributed by atoms with Crippen molar-refractivity contribution in [3.63, 3.8) is 0 Å². The molecule has 1 aliphatic heterocycles. The van der Waals surface area contributed by atoms with E-state index in [0.717, 1.165) is 42.7 Å². The number of nitrogens with one attached hydrogen (secondary N) is 2. The minimum atomic E-state index is -0.267. The van der Waals surface area contributed by atoms with Crippen molar-refractivity contribution in [1.82, 2.24) is 0 Å². The first-order valence-corrected chi connectivity index (χ1v) is 9.89. The molecule has 28 heavy (non-hydrogen) atoms. The molecule has 0 unspecified atom stereocenters. The van der Waals surface area contributed by atoms with E-state index < -0.39 is 0 Å². The quantitative estimate of drug-likeness (QED) is 0.782. The van der Waals surface area contributed by atoms with Gasteiger partial charge < -0.3 is 15.0 Å². The van der Waals surface area contributed by atoms with Gasteiger partial charge in [-0.3, -0.25) is 4.79 Å². The van der Waals surface area contributed by atoms with Crippen LogP contribution < -0.4 is 10.2 Å². The number of hydrogen-bond acceptors (Lipinski definition) is 3. The summed E-state index contributed by atoms with van der Waals surface area (Å²) >= 11 is 0. The molecule has 0 radical (unpaired) electrons. The molecule has 0 atom stereocenters. The van der Waals surface area contributed by atoms with Crippen molar-refractivity contribution in [2.45, 2.75) is 39.7 Å². The molecule has 1 amide bonds. The van der Waals surface area contributed by atoms with E-state index in [0.29, 0.717) is 12.1 Å². The van der Waals surface area contributed by atoms with Gasteiger partial charge in [0.2, 0.25) is 0 Å². The summed E-state index contributed by atoms with van der Waals surface area (Å²) in [6.45, 7) is 8.19. The average Bonchev–Trinajstić information content (AvgIpc) is 2.67. The number of anilines is 1. The van der Waals surface area contributed by atoms with E-state index in [1.807, 2.05) is 32.0 Å². The van der Waals surface area contributed by atoms with Crippen LogP contribution in [0, 0.1) is 20.8 Å². The number of likely N-dealkylation sites (tertiary alicyclic amines) is 1. The Morgan fingerprint density at radius 2 is 1.64 bits per heavy atom. The zero-order chi connectivity index (χ0) is 20.1. The summed E-state index contributed by atoms with van der Waals surface area (Å²) in [5.74, 6) is -0.234. The van der Waals surface area contributed by atoms with Gasteiger partial charge in [0.05, 0.1) is 18.7 Å². The van der Waals surface area contributed by atoms with Crippen molar-refractivity contribution in [2.75, 3.05) is 25.0 Å². The first kappa shape index (κ1) is 20.1. The van der Waals surface area contributed by atoms with Gasteiger partial charge in [0.1, 0.15) is 6.10 Å². The van der Waals surface area contributed by atoms with Gasteiger partial charge in [0.15, 0.2) is 6.54 Å². The number of ether oxygens (including phenoxy) is 1. The standard InChI is InChI=1S/C23H28N2O3/c1-16-13-17(2)22(18(3)14-16)24-21(26)15-25-11-9-20(10-12-25)28-23(27)19-7-5-4-6-8-19/h4-8,13-14,20H,9-12,15H2,1-3H3,(H,24,26)/p+1. The maximum Gasteiger partial charge on any atom is 0.338 e. The van der Waals surface area contributed by atoms with E-state index in [1.165, 1.54) is 10.5 Å². The van der Waals surface area contributed by atoms with E-state index in [2.05, 4.69) is 24.4 Å². The Bertz CT molecular complexity index is 817. The van der Waals surface area contributed by atoms with Crippen LogP contribution in [0.25, 0.3) is 0 Å². The lowest BCUT2D eigenvalue weighted by atomic mass is 10.0. The van der Waals surface area contributed by atoms with Crippen molar-refractivity contribution in [2.24, 2.45) is 0 Å². The highest BCUT2D eigenvalue weighted by Crippen LogP contribution is 2.21. The molecule has 0 spiro atoms. The Morgan fingerprint density at radius 1 is 1.04 bits per heavy atom. The van der Waals surface area contributed by atoms with Crippen LogP contribution in [0.1, 0.15) is 39.9 Å². The van der Waals surface area contributed by atoms with Crippen LogP contribution in [0.2, 0.25) is 0 Å². The summed E-state index contributed by atoms with van der Waals surface area (Å²) < 4.78 is 5.62. The Balaban J connectivity index is 1.46. The molecule has 148 valence electrons. The van der Waals surface area contributed by atoms with E-state index in [-0.39, 0.29) is 18.0 Å². The molecule has 0 aromatic heterocycles. The van der Waals surface area contributed by atoms with E-state index in [4.69, 9.17) is 4.74 Å². The summed E-state index contributed by atoms with van der Waals surface area (Å²) in [5, 5.41) is 3.07. The Kier molecular flexibility index (Phi) is 6.47. The molecule has 1 saturated heterocycles. The fourth-order valence-electron chi connectivity index (χ4n) is 3.88. The monoisotopic (exact) mass is 381 g/mol. The lowest BCUT2D eigenvalue weighted by Gasteiger charge is -2.28. The second kappa shape index (κ2) is 9.02. The first-order valence-electron chi connectivity index (χ1n) is 9.89. The van der Waals surface area contributed by atoms with Gasteiger partial charge in [-0.2, -0.15) is 0 Å². The number of piperidine rings is 1. The molecule has 3 rings (SSSR count). The lowest BCUT2D eigenvalue weighted by molar-refractivity contribution is -0.897. The van der Waals surface area contributed by atoms with Gasteiger partial charge in [-0.15, -0.1) is 0 Å². The van der Waals surface area contributed by atoms with Crippen molar-refractivity contribution in [3.05, 3.63) is 64.7 Å². The highest BCUT2D eigenvalue weighted by atomic mass is 16.5. The topological polar surface area (TPSA) is 59.8 Å². The maximum absolute atomic E-state index is 12.5. The number of quaternary nitrogens is 1. The zero-order valence-electron chi connectivity index (χ0n) is 16.9. The van der Waals surface area contributed by atoms with Crippen molar-refractivity contribution >= 4 is 17.6 Å². The van der Waals surface area contributed by atoms with Gasteiger partial charge in [-0.25, -0.2) is 4.79 Å². The minimum Gasteiger partial charge on any atom is -0.458 e. The number of rotatable bonds is 5. The Morgan fingerprint density at radius 3 is 2.25 bits per heavy atom. The number of benzene rings is 2. The van der Waals surface area contributed by atoms with Crippen LogP contribution in [0.3, 0.4) is 0 Å². The number of hydrogen-bond donors (Lipinski definition) is 2. The van der Waals surface area contributed by atoms with Gasteiger partial charge in [0, 0.05) is 18.5 Å². The summed E-state index contributed by atoms with van der Waals surface area (Å²) in [6.07, 6.45) is 1.49. The number of esters is 1. The number of amides is 1. The van der Waals surface area contributed by atoms with Gasteiger partial charge in [-0.1, -0.05) is 35.9 Å². The molecule has 1 heterocycles. The van der Waals surface area contributed by atoms with E-state index in [1.54, 1.807) is 12.1 Å². The third kappa shape index (κ3) is 5.20. The molecule has 0 aliphatic carbocycles. The summed E-state index contributed by atoms with van der Waals surface area (Å²) in [6, 6.07) is 13.2. The lowest BCUT2D eigenvalue weighted by Crippen LogP contribution is -3.14. The molecule has 1 aliphatic rings. The summed E-state index contributed by atoms with van der Waals surface area (Å²) in [4.78, 5) is 25.9. The average molecular weight is 381 g/mol. The number of carbonyl (C=O) groups is 2. The second-order valence-electron chi connectivity index (χ2n) is 7.72. The fourth-order valence-corrected chi connectivity index (χ4v) is 3.88. The SMILES string of the molecule is Cc1cc(C)c(NC(=O)C[NH+]2CCC(OC(=O)c3ccccc3)CC2)c(C)c1. The minimum absolute atomic E-state index is 0.0322. The number of aryl methyl sites for hydroxylation is 3. The molecule has 2 N–H and O–H groups in total. The molecular weight excluding hydrogens is 352 g/mol. The predicted molar refractivity (Wildman–Crippen MR) is 110 cm³/mol. The first-order chi connectivity index (χ1) is 13.4. The molecule has 1 fully saturated rings. The largest absolute Gasteiger partial charge is 0.458 e. The van der Waals surface area contributed by atoms with Crippen molar-refractivity contribution < 1.29 is 19.2 Å². The van der Waals surface area contributed by atoms with E-state index >= 15 is 0 Å². The molecular formula is C23H29N2O3+. The molecule has 5 heteroatoms. The van der Waals surface area contributed by atoms with Crippen LogP contribution in [-0.4, -0.2) is 37.6 Å². The van der Waals surface area contributed by atoms with Crippen molar-refractivity contribution in [1.29, 1.82) is 0 Å². The molecule has 5 nitrogen and oxygen atoms in total. The Hall–Kier alpha value is -2.66. The highest BCUT2D eigenvalue weighted by molar-refractivity contribution is 5.93. The third-order valence-corrected chi connectivity index (χ3v) is 5.27. The van der Waals surface area contributed by atoms with Crippen LogP contribution >= 0.6 is 0 Å². The van der Waals surface area contributed by atoms with Crippen LogP contribution in [-0.2, 0) is 9.53 Å². The normalized spacial score (nSPS) is 19.1. The molecule has 0 bridgehead atoms. The third-order valence-electron chi connectivity index (χ3n) is 5.27. The van der Waals surface area contributed by atoms with Crippen LogP contribution in [0.5, 0.6) is 0 Å². The van der Waals surface area contributed by atoms with Crippen LogP contribution in [0.4, 0.5) is 5.69 Å². The van der Waals surface area contributed by atoms with Gasteiger partial charge in [-0.05, 0) is 44.0 Å². The second-order valence-corrected chi connectivity index (χ2v) is 7.72. The highest BCUT2D eigenvalue weighted by Gasteiger charge is 2.27. The molecule has 2 aromatic rings.